The van der Waals surface area contributed by atoms with Gasteiger partial charge in [-0.25, -0.2) is 0 Å². The van der Waals surface area contributed by atoms with E-state index >= 15 is 0 Å². The van der Waals surface area contributed by atoms with Crippen LogP contribution in [0.4, 0.5) is 0 Å². The van der Waals surface area contributed by atoms with Crippen molar-refractivity contribution in [3.63, 3.8) is 0 Å². The van der Waals surface area contributed by atoms with Crippen molar-refractivity contribution in [2.24, 2.45) is 5.41 Å². The number of ether oxygens (including phenoxy) is 1. The molecule has 0 saturated heterocycles. The molecule has 0 atom stereocenters. The summed E-state index contributed by atoms with van der Waals surface area (Å²) in [7, 11) is 1.97. The van der Waals surface area contributed by atoms with Gasteiger partial charge >= 0.3 is 5.97 Å². The summed E-state index contributed by atoms with van der Waals surface area (Å²) in [6.07, 6.45) is 2.89. The van der Waals surface area contributed by atoms with Crippen molar-refractivity contribution in [2.75, 3.05) is 7.05 Å². The van der Waals surface area contributed by atoms with E-state index in [2.05, 4.69) is 5.32 Å². The molecule has 0 amide bonds. The van der Waals surface area contributed by atoms with Gasteiger partial charge in [0.15, 0.2) is 0 Å². The fourth-order valence-corrected chi connectivity index (χ4v) is 2.66. The summed E-state index contributed by atoms with van der Waals surface area (Å²) in [6.45, 7) is 5.76. The van der Waals surface area contributed by atoms with Crippen LogP contribution in [0.25, 0.3) is 0 Å². The largest absolute Gasteiger partial charge is 0.460 e. The summed E-state index contributed by atoms with van der Waals surface area (Å²) in [6, 6.07) is 0. The van der Waals surface area contributed by atoms with Gasteiger partial charge in [0.2, 0.25) is 0 Å². The maximum absolute atomic E-state index is 11.8. The molecule has 0 aliphatic heterocycles. The van der Waals surface area contributed by atoms with E-state index in [1.807, 2.05) is 27.8 Å². The average molecular weight is 197 g/mol. The molecule has 14 heavy (non-hydrogen) atoms. The van der Waals surface area contributed by atoms with Crippen molar-refractivity contribution in [3.05, 3.63) is 0 Å². The third-order valence-electron chi connectivity index (χ3n) is 3.39. The maximum Gasteiger partial charge on any atom is 0.312 e. The molecule has 0 spiro atoms. The van der Waals surface area contributed by atoms with Crippen molar-refractivity contribution in [1.29, 1.82) is 0 Å². The van der Waals surface area contributed by atoms with Crippen LogP contribution in [0.15, 0.2) is 0 Å². The van der Waals surface area contributed by atoms with Crippen molar-refractivity contribution in [2.45, 2.75) is 51.2 Å². The second-order valence-corrected chi connectivity index (χ2v) is 5.84. The van der Waals surface area contributed by atoms with Gasteiger partial charge in [-0.1, -0.05) is 0 Å². The lowest BCUT2D eigenvalue weighted by Crippen LogP contribution is -2.76. The second-order valence-electron chi connectivity index (χ2n) is 5.84. The number of rotatable bonds is 2. The highest BCUT2D eigenvalue weighted by Gasteiger charge is 2.72. The predicted molar refractivity (Wildman–Crippen MR) is 53.9 cm³/mol. The van der Waals surface area contributed by atoms with E-state index in [9.17, 15) is 4.79 Å². The molecule has 3 fully saturated rings. The van der Waals surface area contributed by atoms with E-state index in [4.69, 9.17) is 4.74 Å². The first-order valence-corrected chi connectivity index (χ1v) is 5.23. The molecule has 0 unspecified atom stereocenters. The summed E-state index contributed by atoms with van der Waals surface area (Å²) in [5, 5.41) is 3.28. The Bertz CT molecular complexity index is 258. The van der Waals surface area contributed by atoms with Gasteiger partial charge in [-0.15, -0.1) is 0 Å². The third-order valence-corrected chi connectivity index (χ3v) is 3.39. The van der Waals surface area contributed by atoms with Gasteiger partial charge in [-0.2, -0.15) is 0 Å². The molecular formula is C11H19NO2. The van der Waals surface area contributed by atoms with E-state index in [1.165, 1.54) is 0 Å². The highest BCUT2D eigenvalue weighted by atomic mass is 16.6. The summed E-state index contributed by atoms with van der Waals surface area (Å²) in [4.78, 5) is 11.8. The van der Waals surface area contributed by atoms with E-state index in [-0.39, 0.29) is 22.5 Å². The van der Waals surface area contributed by atoms with Crippen molar-refractivity contribution in [1.82, 2.24) is 5.32 Å². The monoisotopic (exact) mass is 197 g/mol. The van der Waals surface area contributed by atoms with E-state index in [0.717, 1.165) is 19.3 Å². The molecule has 0 aromatic rings. The lowest BCUT2D eigenvalue weighted by Gasteiger charge is -2.68. The summed E-state index contributed by atoms with van der Waals surface area (Å²) < 4.78 is 5.41. The number of hydrogen-bond donors (Lipinski definition) is 1. The molecule has 3 nitrogen and oxygen atoms in total. The number of nitrogens with one attached hydrogen (secondary N) is 1. The highest BCUT2D eigenvalue weighted by Crippen LogP contribution is 2.67. The van der Waals surface area contributed by atoms with Crippen LogP contribution in [0.1, 0.15) is 40.0 Å². The zero-order valence-corrected chi connectivity index (χ0v) is 9.44. The first-order valence-electron chi connectivity index (χ1n) is 5.23. The summed E-state index contributed by atoms with van der Waals surface area (Å²) in [5.74, 6) is 0.00197. The Balaban J connectivity index is 1.91. The molecule has 3 heteroatoms. The third kappa shape index (κ3) is 1.26. The minimum atomic E-state index is -0.348. The first-order chi connectivity index (χ1) is 6.31. The zero-order chi connectivity index (χ0) is 10.6. The smallest absolute Gasteiger partial charge is 0.312 e. The van der Waals surface area contributed by atoms with Crippen LogP contribution >= 0.6 is 0 Å². The SMILES string of the molecule is CNC12CC(C(=O)OC(C)(C)C)(C1)C2. The fourth-order valence-electron chi connectivity index (χ4n) is 2.66. The molecule has 1 N–H and O–H groups in total. The van der Waals surface area contributed by atoms with E-state index in [1.54, 1.807) is 0 Å². The Morgan fingerprint density at radius 2 is 1.79 bits per heavy atom. The van der Waals surface area contributed by atoms with Crippen molar-refractivity contribution < 1.29 is 9.53 Å². The van der Waals surface area contributed by atoms with Gasteiger partial charge < -0.3 is 10.1 Å². The number of carbonyl (C=O) groups excluding carboxylic acids is 1. The molecule has 2 bridgehead atoms. The molecular weight excluding hydrogens is 178 g/mol. The van der Waals surface area contributed by atoms with Crippen LogP contribution < -0.4 is 5.32 Å². The lowest BCUT2D eigenvalue weighted by atomic mass is 9.39. The van der Waals surface area contributed by atoms with Gasteiger partial charge in [0.1, 0.15) is 5.60 Å². The highest BCUT2D eigenvalue weighted by molar-refractivity contribution is 5.82. The van der Waals surface area contributed by atoms with Crippen LogP contribution in [-0.4, -0.2) is 24.2 Å². The van der Waals surface area contributed by atoms with Gasteiger partial charge in [0.05, 0.1) is 5.41 Å². The zero-order valence-electron chi connectivity index (χ0n) is 9.44. The standard InChI is InChI=1S/C11H19NO2/c1-9(2,3)14-8(13)10-5-11(6-10,7-10)12-4/h12H,5-7H2,1-4H3. The Morgan fingerprint density at radius 1 is 1.29 bits per heavy atom. The molecule has 3 rings (SSSR count). The topological polar surface area (TPSA) is 38.3 Å². The summed E-state index contributed by atoms with van der Waals surface area (Å²) >= 11 is 0. The van der Waals surface area contributed by atoms with Crippen LogP contribution in [-0.2, 0) is 9.53 Å². The van der Waals surface area contributed by atoms with Crippen LogP contribution in [0.5, 0.6) is 0 Å². The normalized spacial score (nSPS) is 39.7. The molecule has 3 saturated carbocycles. The first kappa shape index (κ1) is 9.97. The van der Waals surface area contributed by atoms with Gasteiger partial charge in [0.25, 0.3) is 0 Å². The predicted octanol–water partition coefficient (Wildman–Crippen LogP) is 1.47. The van der Waals surface area contributed by atoms with Crippen LogP contribution in [0.2, 0.25) is 0 Å². The average Bonchev–Trinajstić information content (AvgIpc) is 1.76. The van der Waals surface area contributed by atoms with Crippen molar-refractivity contribution >= 4 is 5.97 Å². The second kappa shape index (κ2) is 2.51. The minimum Gasteiger partial charge on any atom is -0.460 e. The van der Waals surface area contributed by atoms with Gasteiger partial charge in [-0.05, 0) is 47.1 Å². The number of esters is 1. The number of carbonyl (C=O) groups is 1. The molecule has 3 aliphatic carbocycles. The molecule has 0 aromatic carbocycles. The van der Waals surface area contributed by atoms with Gasteiger partial charge in [-0.3, -0.25) is 4.79 Å². The number of hydrogen-bond acceptors (Lipinski definition) is 3. The van der Waals surface area contributed by atoms with E-state index in [0.29, 0.717) is 0 Å². The van der Waals surface area contributed by atoms with Gasteiger partial charge in [0, 0.05) is 5.54 Å². The molecule has 0 heterocycles. The Hall–Kier alpha value is -0.570. The summed E-state index contributed by atoms with van der Waals surface area (Å²) in [5.41, 5.74) is -0.202. The minimum absolute atomic E-state index is 0.00197. The molecule has 3 aliphatic rings. The van der Waals surface area contributed by atoms with Crippen LogP contribution in [0.3, 0.4) is 0 Å². The van der Waals surface area contributed by atoms with E-state index < -0.39 is 0 Å². The lowest BCUT2D eigenvalue weighted by molar-refractivity contribution is -0.213. The van der Waals surface area contributed by atoms with Crippen LogP contribution in [0, 0.1) is 5.41 Å². The molecule has 0 aromatic heterocycles. The molecule has 80 valence electrons. The Labute approximate surface area is 85.2 Å². The molecule has 0 radical (unpaired) electrons. The van der Waals surface area contributed by atoms with Crippen molar-refractivity contribution in [3.8, 4) is 0 Å². The quantitative estimate of drug-likeness (QED) is 0.681. The Kier molecular flexibility index (Phi) is 1.79. The maximum atomic E-state index is 11.8. The fraction of sp³-hybridized carbons (Fsp3) is 0.909. The Morgan fingerprint density at radius 3 is 2.14 bits per heavy atom.